The first kappa shape index (κ1) is 21.4. The first-order valence-electron chi connectivity index (χ1n) is 9.04. The Balaban J connectivity index is 1.73. The number of aliphatic carboxylic acids is 1. The Morgan fingerprint density at radius 2 is 1.84 bits per heavy atom. The molecule has 2 N–H and O–H groups in total. The molecular weight excluding hydrogens is 506 g/mol. The van der Waals surface area contributed by atoms with E-state index < -0.39 is 15.8 Å². The zero-order valence-corrected chi connectivity index (χ0v) is 19.0. The minimum absolute atomic E-state index is 0.140. The van der Waals surface area contributed by atoms with Crippen LogP contribution in [0.3, 0.4) is 0 Å². The van der Waals surface area contributed by atoms with Gasteiger partial charge in [-0.25, -0.2) is 8.42 Å². The summed E-state index contributed by atoms with van der Waals surface area (Å²) in [5.74, 6) is -0.287. The molecule has 0 spiro atoms. The van der Waals surface area contributed by atoms with Crippen LogP contribution in [0.2, 0.25) is 5.02 Å². The van der Waals surface area contributed by atoms with Gasteiger partial charge in [0.2, 0.25) is 9.84 Å². The number of benzene rings is 3. The van der Waals surface area contributed by atoms with Gasteiger partial charge in [0.05, 0.1) is 25.7 Å². The summed E-state index contributed by atoms with van der Waals surface area (Å²) in [5, 5.41) is 9.68. The van der Waals surface area contributed by atoms with E-state index >= 15 is 0 Å². The quantitative estimate of drug-likeness (QED) is 0.333. The van der Waals surface area contributed by atoms with Crippen molar-refractivity contribution < 1.29 is 23.1 Å². The topological polar surface area (TPSA) is 96.5 Å². The summed E-state index contributed by atoms with van der Waals surface area (Å²) >= 11 is 9.66. The molecule has 1 aromatic heterocycles. The molecule has 4 rings (SSSR count). The summed E-state index contributed by atoms with van der Waals surface area (Å²) in [6.07, 6.45) is 1.29. The molecule has 0 unspecified atom stereocenters. The molecule has 4 aromatic rings. The van der Waals surface area contributed by atoms with Crippen LogP contribution >= 0.6 is 27.5 Å². The van der Waals surface area contributed by atoms with Crippen LogP contribution in [0.1, 0.15) is 5.56 Å². The largest absolute Gasteiger partial charge is 0.481 e. The lowest BCUT2D eigenvalue weighted by Crippen LogP contribution is -2.01. The third-order valence-electron chi connectivity index (χ3n) is 4.59. The van der Waals surface area contributed by atoms with Gasteiger partial charge in [0.15, 0.2) is 5.75 Å². The molecule has 158 valence electrons. The molecule has 31 heavy (non-hydrogen) atoms. The van der Waals surface area contributed by atoms with Crippen molar-refractivity contribution in [2.24, 2.45) is 0 Å². The standard InChI is InChI=1S/C22H15BrClNO5S/c23-17-8-13(10-21(26)27)9-18(24)22(17)30-14-6-7-19-16(11-14)20(12-25-19)31(28,29)15-4-2-1-3-5-15/h1-9,11-12,25H,10H2,(H,26,27). The number of halogens is 2. The molecule has 0 atom stereocenters. The molecule has 0 aliphatic carbocycles. The summed E-state index contributed by atoms with van der Waals surface area (Å²) in [4.78, 5) is 14.3. The minimum atomic E-state index is -3.72. The van der Waals surface area contributed by atoms with Crippen molar-refractivity contribution in [1.82, 2.24) is 4.98 Å². The molecule has 9 heteroatoms. The lowest BCUT2D eigenvalue weighted by molar-refractivity contribution is -0.136. The molecule has 0 amide bonds. The molecule has 0 saturated heterocycles. The second-order valence-electron chi connectivity index (χ2n) is 6.74. The average Bonchev–Trinajstić information content (AvgIpc) is 3.15. The van der Waals surface area contributed by atoms with Gasteiger partial charge in [0.25, 0.3) is 0 Å². The number of aromatic nitrogens is 1. The van der Waals surface area contributed by atoms with Crippen molar-refractivity contribution in [1.29, 1.82) is 0 Å². The molecule has 0 fully saturated rings. The predicted octanol–water partition coefficient (Wildman–Crippen LogP) is 5.84. The van der Waals surface area contributed by atoms with Gasteiger partial charge >= 0.3 is 5.97 Å². The number of carbonyl (C=O) groups is 1. The number of hydrogen-bond acceptors (Lipinski definition) is 4. The van der Waals surface area contributed by atoms with E-state index in [1.54, 1.807) is 54.6 Å². The molecule has 0 bridgehead atoms. The summed E-state index contributed by atoms with van der Waals surface area (Å²) in [6.45, 7) is 0. The second-order valence-corrected chi connectivity index (χ2v) is 9.92. The SMILES string of the molecule is O=C(O)Cc1cc(Cl)c(Oc2ccc3[nH]cc(S(=O)(=O)c4ccccc4)c3c2)c(Br)c1. The van der Waals surface area contributed by atoms with Crippen molar-refractivity contribution in [3.63, 3.8) is 0 Å². The van der Waals surface area contributed by atoms with Crippen LogP contribution in [0.25, 0.3) is 10.9 Å². The van der Waals surface area contributed by atoms with E-state index in [0.717, 1.165) is 0 Å². The fourth-order valence-corrected chi connectivity index (χ4v) is 5.62. The summed E-state index contributed by atoms with van der Waals surface area (Å²) in [7, 11) is -3.72. The molecule has 6 nitrogen and oxygen atoms in total. The maximum Gasteiger partial charge on any atom is 0.307 e. The highest BCUT2D eigenvalue weighted by Gasteiger charge is 2.22. The minimum Gasteiger partial charge on any atom is -0.481 e. The molecule has 0 radical (unpaired) electrons. The normalized spacial score (nSPS) is 11.5. The van der Waals surface area contributed by atoms with E-state index in [4.69, 9.17) is 21.4 Å². The van der Waals surface area contributed by atoms with E-state index in [1.165, 1.54) is 12.3 Å². The Bertz CT molecular complexity index is 1380. The number of rotatable bonds is 6. The fourth-order valence-electron chi connectivity index (χ4n) is 3.19. The lowest BCUT2D eigenvalue weighted by atomic mass is 10.1. The monoisotopic (exact) mass is 519 g/mol. The number of nitrogens with one attached hydrogen (secondary N) is 1. The van der Waals surface area contributed by atoms with Crippen LogP contribution in [0.4, 0.5) is 0 Å². The zero-order chi connectivity index (χ0) is 22.2. The van der Waals surface area contributed by atoms with E-state index in [0.29, 0.717) is 32.4 Å². The van der Waals surface area contributed by atoms with Gasteiger partial charge in [-0.15, -0.1) is 0 Å². The van der Waals surface area contributed by atoms with E-state index in [9.17, 15) is 13.2 Å². The highest BCUT2D eigenvalue weighted by molar-refractivity contribution is 9.10. The number of sulfone groups is 1. The van der Waals surface area contributed by atoms with Crippen molar-refractivity contribution >= 4 is 54.2 Å². The maximum atomic E-state index is 13.1. The Labute approximate surface area is 191 Å². The molecule has 0 aliphatic heterocycles. The number of fused-ring (bicyclic) bond motifs is 1. The number of H-pyrrole nitrogens is 1. The Morgan fingerprint density at radius 3 is 2.52 bits per heavy atom. The Hall–Kier alpha value is -2.81. The maximum absolute atomic E-state index is 13.1. The molecular formula is C22H15BrClNO5S. The number of ether oxygens (including phenoxy) is 1. The predicted molar refractivity (Wildman–Crippen MR) is 121 cm³/mol. The average molecular weight is 521 g/mol. The van der Waals surface area contributed by atoms with Gasteiger partial charge in [-0.2, -0.15) is 0 Å². The Kier molecular flexibility index (Phi) is 5.79. The molecule has 0 saturated carbocycles. The van der Waals surface area contributed by atoms with Gasteiger partial charge in [-0.05, 0) is 64.0 Å². The van der Waals surface area contributed by atoms with Crippen LogP contribution in [0.15, 0.2) is 81.1 Å². The van der Waals surface area contributed by atoms with Gasteiger partial charge in [-0.1, -0.05) is 29.8 Å². The lowest BCUT2D eigenvalue weighted by Gasteiger charge is -2.12. The highest BCUT2D eigenvalue weighted by atomic mass is 79.9. The smallest absolute Gasteiger partial charge is 0.307 e. The van der Waals surface area contributed by atoms with Gasteiger partial charge in [-0.3, -0.25) is 4.79 Å². The van der Waals surface area contributed by atoms with Crippen molar-refractivity contribution in [2.75, 3.05) is 0 Å². The summed E-state index contributed by atoms with van der Waals surface area (Å²) in [5.41, 5.74) is 1.16. The Morgan fingerprint density at radius 1 is 1.10 bits per heavy atom. The number of carboxylic acid groups (broad SMARTS) is 1. The third-order valence-corrected chi connectivity index (χ3v) is 7.27. The van der Waals surface area contributed by atoms with Crippen molar-refractivity contribution in [3.05, 3.63) is 81.9 Å². The van der Waals surface area contributed by atoms with Crippen molar-refractivity contribution in [2.45, 2.75) is 16.2 Å². The number of hydrogen-bond donors (Lipinski definition) is 2. The van der Waals surface area contributed by atoms with Crippen LogP contribution in [0.5, 0.6) is 11.5 Å². The fraction of sp³-hybridized carbons (Fsp3) is 0.0455. The second kappa shape index (κ2) is 8.37. The van der Waals surface area contributed by atoms with Gasteiger partial charge < -0.3 is 14.8 Å². The third kappa shape index (κ3) is 4.32. The molecule has 0 aliphatic rings. The summed E-state index contributed by atoms with van der Waals surface area (Å²) < 4.78 is 32.6. The van der Waals surface area contributed by atoms with Gasteiger partial charge in [0, 0.05) is 17.1 Å². The number of aromatic amines is 1. The van der Waals surface area contributed by atoms with Crippen molar-refractivity contribution in [3.8, 4) is 11.5 Å². The molecule has 3 aromatic carbocycles. The van der Waals surface area contributed by atoms with Crippen LogP contribution in [-0.4, -0.2) is 24.5 Å². The summed E-state index contributed by atoms with van der Waals surface area (Å²) in [6, 6.07) is 16.4. The van der Waals surface area contributed by atoms with Crippen LogP contribution in [-0.2, 0) is 21.1 Å². The van der Waals surface area contributed by atoms with Gasteiger partial charge in [0.1, 0.15) is 5.75 Å². The van der Waals surface area contributed by atoms with Crippen LogP contribution in [0, 0.1) is 0 Å². The van der Waals surface area contributed by atoms with E-state index in [2.05, 4.69) is 20.9 Å². The first-order valence-corrected chi connectivity index (χ1v) is 11.7. The highest BCUT2D eigenvalue weighted by Crippen LogP contribution is 2.39. The first-order chi connectivity index (χ1) is 14.8. The molecule has 1 heterocycles. The van der Waals surface area contributed by atoms with Crippen LogP contribution < -0.4 is 4.74 Å². The van der Waals surface area contributed by atoms with E-state index in [1.807, 2.05) is 0 Å². The zero-order valence-electron chi connectivity index (χ0n) is 15.8. The van der Waals surface area contributed by atoms with E-state index in [-0.39, 0.29) is 21.2 Å². The number of carboxylic acids is 1.